The van der Waals surface area contributed by atoms with E-state index in [-0.39, 0.29) is 0 Å². The van der Waals surface area contributed by atoms with Crippen LogP contribution in [0.15, 0.2) is 20.3 Å². The molecule has 0 atom stereocenters. The van der Waals surface area contributed by atoms with Gasteiger partial charge in [0, 0.05) is 32.4 Å². The van der Waals surface area contributed by atoms with Gasteiger partial charge in [0.05, 0.1) is 11.1 Å². The predicted octanol–water partition coefficient (Wildman–Crippen LogP) is -0.0748. The van der Waals surface area contributed by atoms with Crippen molar-refractivity contribution >= 4 is 15.9 Å². The van der Waals surface area contributed by atoms with Crippen molar-refractivity contribution in [2.75, 3.05) is 26.3 Å². The number of nitrogens with zero attached hydrogens (tertiary/aromatic N) is 1. The summed E-state index contributed by atoms with van der Waals surface area (Å²) in [6, 6.07) is 0. The van der Waals surface area contributed by atoms with E-state index in [0.717, 1.165) is 6.54 Å². The van der Waals surface area contributed by atoms with Crippen molar-refractivity contribution in [2.45, 2.75) is 13.5 Å². The number of nitrogens with one attached hydrogen (secondary N) is 2. The van der Waals surface area contributed by atoms with Gasteiger partial charge in [0.15, 0.2) is 0 Å². The molecular weight excluding hydrogens is 290 g/mol. The van der Waals surface area contributed by atoms with Gasteiger partial charge in [-0.25, -0.2) is 4.79 Å². The Balaban J connectivity index is 2.39. The Morgan fingerprint density at radius 3 is 2.94 bits per heavy atom. The molecule has 0 unspecified atom stereocenters. The fourth-order valence-corrected chi connectivity index (χ4v) is 1.61. The van der Waals surface area contributed by atoms with Crippen molar-refractivity contribution in [1.29, 1.82) is 0 Å². The molecule has 0 aliphatic carbocycles. The van der Waals surface area contributed by atoms with Crippen molar-refractivity contribution in [1.82, 2.24) is 14.9 Å². The summed E-state index contributed by atoms with van der Waals surface area (Å²) in [6.45, 7) is 5.19. The summed E-state index contributed by atoms with van der Waals surface area (Å²) in [5.74, 6) is 0. The van der Waals surface area contributed by atoms with Crippen LogP contribution in [-0.4, -0.2) is 35.9 Å². The van der Waals surface area contributed by atoms with Gasteiger partial charge in [-0.05, 0) is 22.9 Å². The first kappa shape index (κ1) is 14.1. The molecule has 0 aromatic carbocycles. The van der Waals surface area contributed by atoms with E-state index in [9.17, 15) is 9.59 Å². The highest BCUT2D eigenvalue weighted by molar-refractivity contribution is 9.10. The van der Waals surface area contributed by atoms with Gasteiger partial charge in [-0.2, -0.15) is 0 Å². The highest BCUT2D eigenvalue weighted by Gasteiger charge is 2.00. The molecule has 96 valence electrons. The average molecular weight is 306 g/mol. The number of rotatable bonds is 7. The summed E-state index contributed by atoms with van der Waals surface area (Å²) < 4.78 is 6.96. The van der Waals surface area contributed by atoms with Crippen LogP contribution in [0.4, 0.5) is 0 Å². The number of halogens is 1. The number of aromatic nitrogens is 2. The zero-order chi connectivity index (χ0) is 12.7. The SMILES string of the molecule is CCOCCNCCn1cc(Br)c(=O)[nH]c1=O. The maximum atomic E-state index is 11.4. The minimum absolute atomic E-state index is 0.353. The Kier molecular flexibility index (Phi) is 6.17. The lowest BCUT2D eigenvalue weighted by atomic mass is 10.5. The Morgan fingerprint density at radius 2 is 2.24 bits per heavy atom. The maximum absolute atomic E-state index is 11.4. The predicted molar refractivity (Wildman–Crippen MR) is 68.4 cm³/mol. The molecule has 1 aromatic rings. The first-order chi connectivity index (χ1) is 8.15. The van der Waals surface area contributed by atoms with Crippen molar-refractivity contribution in [3.63, 3.8) is 0 Å². The molecule has 17 heavy (non-hydrogen) atoms. The van der Waals surface area contributed by atoms with Crippen molar-refractivity contribution in [3.05, 3.63) is 31.5 Å². The molecule has 0 saturated heterocycles. The molecule has 0 fully saturated rings. The lowest BCUT2D eigenvalue weighted by Gasteiger charge is -2.07. The van der Waals surface area contributed by atoms with E-state index >= 15 is 0 Å². The van der Waals surface area contributed by atoms with E-state index in [1.54, 1.807) is 0 Å². The molecule has 0 radical (unpaired) electrons. The van der Waals surface area contributed by atoms with Crippen LogP contribution in [0.1, 0.15) is 6.92 Å². The van der Waals surface area contributed by atoms with Crippen molar-refractivity contribution in [2.24, 2.45) is 0 Å². The minimum Gasteiger partial charge on any atom is -0.380 e. The van der Waals surface area contributed by atoms with Gasteiger partial charge in [-0.1, -0.05) is 0 Å². The van der Waals surface area contributed by atoms with E-state index in [2.05, 4.69) is 26.2 Å². The van der Waals surface area contributed by atoms with E-state index in [4.69, 9.17) is 4.74 Å². The monoisotopic (exact) mass is 305 g/mol. The minimum atomic E-state index is -0.407. The largest absolute Gasteiger partial charge is 0.380 e. The molecule has 7 heteroatoms. The van der Waals surface area contributed by atoms with Crippen LogP contribution in [-0.2, 0) is 11.3 Å². The van der Waals surface area contributed by atoms with Crippen LogP contribution in [0.2, 0.25) is 0 Å². The highest BCUT2D eigenvalue weighted by Crippen LogP contribution is 1.97. The molecule has 1 aromatic heterocycles. The molecule has 1 heterocycles. The van der Waals surface area contributed by atoms with Crippen LogP contribution in [0.25, 0.3) is 0 Å². The molecule has 0 aliphatic rings. The van der Waals surface area contributed by atoms with E-state index in [1.165, 1.54) is 10.8 Å². The van der Waals surface area contributed by atoms with Crippen LogP contribution in [0, 0.1) is 0 Å². The average Bonchev–Trinajstić information content (AvgIpc) is 2.30. The summed E-state index contributed by atoms with van der Waals surface area (Å²) in [6.07, 6.45) is 1.49. The molecule has 0 spiro atoms. The smallest absolute Gasteiger partial charge is 0.328 e. The van der Waals surface area contributed by atoms with E-state index in [1.807, 2.05) is 6.92 Å². The summed E-state index contributed by atoms with van der Waals surface area (Å²) >= 11 is 3.08. The van der Waals surface area contributed by atoms with Gasteiger partial charge in [-0.15, -0.1) is 0 Å². The third-order valence-corrected chi connectivity index (χ3v) is 2.69. The van der Waals surface area contributed by atoms with Crippen LogP contribution < -0.4 is 16.6 Å². The van der Waals surface area contributed by atoms with Gasteiger partial charge in [-0.3, -0.25) is 14.3 Å². The quantitative estimate of drug-likeness (QED) is 0.691. The third kappa shape index (κ3) is 4.84. The maximum Gasteiger partial charge on any atom is 0.328 e. The van der Waals surface area contributed by atoms with Gasteiger partial charge >= 0.3 is 5.69 Å². The summed E-state index contributed by atoms with van der Waals surface area (Å²) in [5, 5.41) is 3.14. The summed E-state index contributed by atoms with van der Waals surface area (Å²) in [4.78, 5) is 24.7. The zero-order valence-corrected chi connectivity index (χ0v) is 11.2. The van der Waals surface area contributed by atoms with E-state index < -0.39 is 11.2 Å². The second-order valence-electron chi connectivity index (χ2n) is 3.38. The second kappa shape index (κ2) is 7.41. The first-order valence-corrected chi connectivity index (χ1v) is 6.22. The van der Waals surface area contributed by atoms with E-state index in [0.29, 0.717) is 30.8 Å². The van der Waals surface area contributed by atoms with Crippen LogP contribution in [0.5, 0.6) is 0 Å². The zero-order valence-electron chi connectivity index (χ0n) is 9.66. The molecule has 6 nitrogen and oxygen atoms in total. The molecule has 1 rings (SSSR count). The number of hydrogen-bond donors (Lipinski definition) is 2. The Morgan fingerprint density at radius 1 is 1.47 bits per heavy atom. The van der Waals surface area contributed by atoms with Crippen LogP contribution >= 0.6 is 15.9 Å². The Bertz CT molecular complexity index is 455. The topological polar surface area (TPSA) is 76.1 Å². The Hall–Kier alpha value is -0.920. The van der Waals surface area contributed by atoms with Crippen molar-refractivity contribution in [3.8, 4) is 0 Å². The fraction of sp³-hybridized carbons (Fsp3) is 0.600. The molecule has 0 bridgehead atoms. The van der Waals surface area contributed by atoms with Gasteiger partial charge in [0.25, 0.3) is 5.56 Å². The summed E-state index contributed by atoms with van der Waals surface area (Å²) in [7, 11) is 0. The molecule has 0 amide bonds. The highest BCUT2D eigenvalue weighted by atomic mass is 79.9. The number of aromatic amines is 1. The van der Waals surface area contributed by atoms with Crippen LogP contribution in [0.3, 0.4) is 0 Å². The summed E-state index contributed by atoms with van der Waals surface area (Å²) in [5.41, 5.74) is -0.805. The molecule has 0 aliphatic heterocycles. The Labute approximate surface area is 107 Å². The number of hydrogen-bond acceptors (Lipinski definition) is 4. The lowest BCUT2D eigenvalue weighted by molar-refractivity contribution is 0.149. The standard InChI is InChI=1S/C10H16BrN3O3/c1-2-17-6-4-12-3-5-14-7-8(11)9(15)13-10(14)16/h7,12H,2-6H2,1H3,(H,13,15,16). The lowest BCUT2D eigenvalue weighted by Crippen LogP contribution is -2.33. The molecule has 0 saturated carbocycles. The third-order valence-electron chi connectivity index (χ3n) is 2.12. The fourth-order valence-electron chi connectivity index (χ4n) is 1.26. The van der Waals surface area contributed by atoms with Gasteiger partial charge < -0.3 is 10.1 Å². The number of ether oxygens (including phenoxy) is 1. The number of H-pyrrole nitrogens is 1. The first-order valence-electron chi connectivity index (χ1n) is 5.43. The molecule has 2 N–H and O–H groups in total. The van der Waals surface area contributed by atoms with Gasteiger partial charge in [0.2, 0.25) is 0 Å². The normalized spacial score (nSPS) is 10.7. The molecular formula is C10H16BrN3O3. The second-order valence-corrected chi connectivity index (χ2v) is 4.23. The van der Waals surface area contributed by atoms with Crippen molar-refractivity contribution < 1.29 is 4.74 Å². The van der Waals surface area contributed by atoms with Gasteiger partial charge in [0.1, 0.15) is 0 Å².